The minimum atomic E-state index is -1.27. The maximum atomic E-state index is 12.2. The number of hydrogen-bond donors (Lipinski definition) is 0. The highest BCUT2D eigenvalue weighted by Crippen LogP contribution is 2.22. The second kappa shape index (κ2) is 7.53. The molecule has 0 aromatic heterocycles. The van der Waals surface area contributed by atoms with E-state index in [0.717, 1.165) is 6.07 Å². The van der Waals surface area contributed by atoms with Crippen LogP contribution in [0, 0.1) is 10.1 Å². The predicted octanol–water partition coefficient (Wildman–Crippen LogP) is 2.37. The van der Waals surface area contributed by atoms with Crippen LogP contribution < -0.4 is 5.01 Å². The smallest absolute Gasteiger partial charge is 0.465 e. The Bertz CT molecular complexity index is 670. The highest BCUT2D eigenvalue weighted by atomic mass is 16.7. The molecule has 0 fully saturated rings. The maximum absolute atomic E-state index is 12.2. The highest BCUT2D eigenvalue weighted by Gasteiger charge is 2.35. The molecule has 9 heteroatoms. The summed E-state index contributed by atoms with van der Waals surface area (Å²) in [5, 5.41) is 10.4. The average molecular weight is 338 g/mol. The summed E-state index contributed by atoms with van der Waals surface area (Å²) >= 11 is 0. The third kappa shape index (κ3) is 5.04. The van der Waals surface area contributed by atoms with Crippen LogP contribution in [0.1, 0.15) is 37.6 Å². The normalized spacial score (nSPS) is 10.7. The Morgan fingerprint density at radius 3 is 2.42 bits per heavy atom. The molecule has 0 aliphatic heterocycles. The summed E-state index contributed by atoms with van der Waals surface area (Å²) in [6, 6.07) is 5.16. The largest absolute Gasteiger partial charge is 0.473 e. The number of rotatable bonds is 6. The first kappa shape index (κ1) is 19.1. The van der Waals surface area contributed by atoms with Crippen LogP contribution in [0.4, 0.5) is 10.5 Å². The molecular weight excluding hydrogens is 320 g/mol. The minimum absolute atomic E-state index is 0.0395. The molecule has 0 spiro atoms. The average Bonchev–Trinajstić information content (AvgIpc) is 2.44. The predicted molar refractivity (Wildman–Crippen MR) is 83.1 cm³/mol. The molecule has 130 valence electrons. The van der Waals surface area contributed by atoms with Crippen LogP contribution in [0.5, 0.6) is 0 Å². The summed E-state index contributed by atoms with van der Waals surface area (Å²) < 4.78 is 9.60. The summed E-state index contributed by atoms with van der Waals surface area (Å²) in [6.45, 7) is 4.26. The van der Waals surface area contributed by atoms with Crippen molar-refractivity contribution in [2.45, 2.75) is 32.8 Å². The van der Waals surface area contributed by atoms with E-state index in [1.165, 1.54) is 46.1 Å². The van der Waals surface area contributed by atoms with Gasteiger partial charge in [-0.15, -0.1) is 0 Å². The Kier molecular flexibility index (Phi) is 5.99. The number of nitrogens with zero attached hydrogens (tertiary/aromatic N) is 2. The fourth-order valence-corrected chi connectivity index (χ4v) is 2.06. The van der Waals surface area contributed by atoms with Crippen LogP contribution in [0.3, 0.4) is 0 Å². The van der Waals surface area contributed by atoms with E-state index in [2.05, 4.69) is 4.74 Å². The van der Waals surface area contributed by atoms with Gasteiger partial charge < -0.3 is 9.47 Å². The lowest BCUT2D eigenvalue weighted by Gasteiger charge is -2.25. The SMILES string of the molecule is COC(=O)c1cccc(N(C(=O)OC(C)(C)CC(C)=O)[N+](=O)[O-])c1. The van der Waals surface area contributed by atoms with Gasteiger partial charge in [0.15, 0.2) is 5.03 Å². The van der Waals surface area contributed by atoms with Crippen LogP contribution in [-0.4, -0.2) is 35.6 Å². The van der Waals surface area contributed by atoms with Crippen molar-refractivity contribution >= 4 is 23.5 Å². The quantitative estimate of drug-likeness (QED) is 0.444. The fraction of sp³-hybridized carbons (Fsp3) is 0.400. The molecule has 0 atom stereocenters. The number of methoxy groups -OCH3 is 1. The Morgan fingerprint density at radius 2 is 1.92 bits per heavy atom. The van der Waals surface area contributed by atoms with E-state index in [-0.39, 0.29) is 28.5 Å². The number of ether oxygens (including phenoxy) is 2. The summed E-state index contributed by atoms with van der Waals surface area (Å²) in [7, 11) is 1.17. The number of anilines is 1. The number of esters is 1. The van der Waals surface area contributed by atoms with Crippen molar-refractivity contribution in [3.8, 4) is 0 Å². The molecule has 24 heavy (non-hydrogen) atoms. The number of carbonyl (C=O) groups excluding carboxylic acids is 3. The molecule has 0 saturated carbocycles. The Morgan fingerprint density at radius 1 is 1.29 bits per heavy atom. The Labute approximate surface area is 138 Å². The fourth-order valence-electron chi connectivity index (χ4n) is 2.06. The Balaban J connectivity index is 3.11. The summed E-state index contributed by atoms with van der Waals surface area (Å²) in [5.74, 6) is -0.932. The molecular formula is C15H18N2O7. The lowest BCUT2D eigenvalue weighted by Crippen LogP contribution is -2.42. The van der Waals surface area contributed by atoms with E-state index < -0.39 is 22.7 Å². The van der Waals surface area contributed by atoms with Gasteiger partial charge in [0.2, 0.25) is 0 Å². The zero-order chi connectivity index (χ0) is 18.5. The molecule has 9 nitrogen and oxygen atoms in total. The van der Waals surface area contributed by atoms with Crippen LogP contribution >= 0.6 is 0 Å². The number of carbonyl (C=O) groups is 3. The van der Waals surface area contributed by atoms with E-state index in [1.54, 1.807) is 0 Å². The van der Waals surface area contributed by atoms with Crippen molar-refractivity contribution in [2.75, 3.05) is 12.1 Å². The minimum Gasteiger partial charge on any atom is -0.465 e. The van der Waals surface area contributed by atoms with Gasteiger partial charge in [-0.3, -0.25) is 4.79 Å². The summed E-state index contributed by atoms with van der Waals surface area (Å²) in [5.41, 5.74) is -1.35. The van der Waals surface area contributed by atoms with Gasteiger partial charge in [0.25, 0.3) is 0 Å². The lowest BCUT2D eigenvalue weighted by atomic mass is 10.0. The van der Waals surface area contributed by atoms with Gasteiger partial charge >= 0.3 is 12.1 Å². The molecule has 0 N–H and O–H groups in total. The number of benzene rings is 1. The standard InChI is InChI=1S/C15H18N2O7/c1-10(18)9-15(2,3)24-14(20)16(17(21)22)12-7-5-6-11(8-12)13(19)23-4/h5-8H,9H2,1-4H3. The van der Waals surface area contributed by atoms with Gasteiger partial charge in [0.05, 0.1) is 12.7 Å². The number of Topliss-reactive ketones (excluding diaryl/α,β-unsaturated/α-hetero) is 1. The molecule has 0 unspecified atom stereocenters. The number of ketones is 1. The zero-order valence-electron chi connectivity index (χ0n) is 13.8. The van der Waals surface area contributed by atoms with Gasteiger partial charge in [0, 0.05) is 11.4 Å². The van der Waals surface area contributed by atoms with Crippen LogP contribution in [0.15, 0.2) is 24.3 Å². The van der Waals surface area contributed by atoms with Crippen LogP contribution in [0.25, 0.3) is 0 Å². The number of hydrogen-bond acceptors (Lipinski definition) is 7. The first-order valence-electron chi connectivity index (χ1n) is 6.92. The van der Waals surface area contributed by atoms with Crippen molar-refractivity contribution in [2.24, 2.45) is 0 Å². The van der Waals surface area contributed by atoms with Gasteiger partial charge in [-0.2, -0.15) is 0 Å². The van der Waals surface area contributed by atoms with Crippen LogP contribution in [0.2, 0.25) is 0 Å². The topological polar surface area (TPSA) is 116 Å². The van der Waals surface area contributed by atoms with Crippen LogP contribution in [-0.2, 0) is 14.3 Å². The molecule has 0 heterocycles. The molecule has 1 aromatic rings. The van der Waals surface area contributed by atoms with E-state index in [0.29, 0.717) is 0 Å². The van der Waals surface area contributed by atoms with Crippen molar-refractivity contribution in [3.63, 3.8) is 0 Å². The third-order valence-corrected chi connectivity index (χ3v) is 2.89. The van der Waals surface area contributed by atoms with Crippen molar-refractivity contribution < 1.29 is 28.9 Å². The van der Waals surface area contributed by atoms with Gasteiger partial charge in [-0.25, -0.2) is 19.7 Å². The second-order valence-corrected chi connectivity index (χ2v) is 5.60. The van der Waals surface area contributed by atoms with E-state index in [1.807, 2.05) is 0 Å². The molecule has 0 radical (unpaired) electrons. The van der Waals surface area contributed by atoms with E-state index in [4.69, 9.17) is 4.74 Å². The van der Waals surface area contributed by atoms with Gasteiger partial charge in [-0.05, 0) is 39.0 Å². The molecule has 1 amide bonds. The molecule has 0 bridgehead atoms. The number of amides is 1. The number of nitro groups is 1. The molecule has 0 saturated heterocycles. The molecule has 0 aliphatic rings. The van der Waals surface area contributed by atoms with Crippen molar-refractivity contribution in [3.05, 3.63) is 39.9 Å². The first-order chi connectivity index (χ1) is 11.1. The zero-order valence-corrected chi connectivity index (χ0v) is 13.8. The lowest BCUT2D eigenvalue weighted by molar-refractivity contribution is -0.484. The highest BCUT2D eigenvalue weighted by molar-refractivity contribution is 5.92. The van der Waals surface area contributed by atoms with Crippen molar-refractivity contribution in [1.29, 1.82) is 0 Å². The van der Waals surface area contributed by atoms with Gasteiger partial charge in [0.1, 0.15) is 17.1 Å². The molecule has 1 aromatic carbocycles. The van der Waals surface area contributed by atoms with Crippen molar-refractivity contribution in [1.82, 2.24) is 0 Å². The summed E-state index contributed by atoms with van der Waals surface area (Å²) in [6.07, 6.45) is -1.36. The van der Waals surface area contributed by atoms with E-state index in [9.17, 15) is 24.5 Å². The monoisotopic (exact) mass is 338 g/mol. The number of hydrazine groups is 1. The molecule has 1 rings (SSSR count). The molecule has 0 aliphatic carbocycles. The van der Waals surface area contributed by atoms with Gasteiger partial charge in [-0.1, -0.05) is 6.07 Å². The third-order valence-electron chi connectivity index (χ3n) is 2.89. The second-order valence-electron chi connectivity index (χ2n) is 5.60. The first-order valence-corrected chi connectivity index (χ1v) is 6.92. The Hall–Kier alpha value is -2.97. The van der Waals surface area contributed by atoms with E-state index >= 15 is 0 Å². The maximum Gasteiger partial charge on any atom is 0.473 e. The summed E-state index contributed by atoms with van der Waals surface area (Å²) in [4.78, 5) is 46.1.